The van der Waals surface area contributed by atoms with Gasteiger partial charge in [0.05, 0.1) is 6.42 Å². The molecule has 132 valence electrons. The minimum atomic E-state index is -0.0935. The lowest BCUT2D eigenvalue weighted by molar-refractivity contribution is -0.120. The fraction of sp³-hybridized carbons (Fsp3) is 0.143. The summed E-state index contributed by atoms with van der Waals surface area (Å²) in [5.74, 6) is 1.05. The summed E-state index contributed by atoms with van der Waals surface area (Å²) in [6, 6.07) is 21.2. The van der Waals surface area contributed by atoms with Gasteiger partial charge in [-0.2, -0.15) is 0 Å². The lowest BCUT2D eigenvalue weighted by Gasteiger charge is -2.12. The van der Waals surface area contributed by atoms with Gasteiger partial charge in [-0.3, -0.25) is 4.79 Å². The number of anilines is 1. The summed E-state index contributed by atoms with van der Waals surface area (Å²) in [7, 11) is 0. The Hall–Kier alpha value is -3.34. The first-order chi connectivity index (χ1) is 12.7. The van der Waals surface area contributed by atoms with Crippen LogP contribution < -0.4 is 15.8 Å². The Labute approximate surface area is 152 Å². The Kier molecular flexibility index (Phi) is 5.83. The second-order valence-electron chi connectivity index (χ2n) is 5.88. The van der Waals surface area contributed by atoms with E-state index in [1.165, 1.54) is 0 Å². The molecule has 1 aromatic heterocycles. The van der Waals surface area contributed by atoms with Crippen LogP contribution >= 0.6 is 0 Å². The average molecular weight is 347 g/mol. The van der Waals surface area contributed by atoms with E-state index in [0.717, 1.165) is 16.7 Å². The number of carbonyl (C=O) groups is 1. The number of amides is 1. The highest BCUT2D eigenvalue weighted by atomic mass is 16.5. The number of hydrogen-bond donors (Lipinski definition) is 2. The molecule has 0 bridgehead atoms. The number of benzene rings is 2. The predicted octanol–water partition coefficient (Wildman–Crippen LogP) is 3.10. The number of carbonyl (C=O) groups excluding carboxylic acids is 1. The van der Waals surface area contributed by atoms with E-state index in [9.17, 15) is 4.79 Å². The SMILES string of the molecule is Nc1ncccc1CNC(=O)Cc1ccccc1OCc1ccccc1. The van der Waals surface area contributed by atoms with Crippen LogP contribution in [0.2, 0.25) is 0 Å². The lowest BCUT2D eigenvalue weighted by Crippen LogP contribution is -2.25. The highest BCUT2D eigenvalue weighted by Gasteiger charge is 2.10. The van der Waals surface area contributed by atoms with Crippen molar-refractivity contribution in [3.8, 4) is 5.75 Å². The van der Waals surface area contributed by atoms with Crippen LogP contribution in [0.25, 0.3) is 0 Å². The molecule has 0 unspecified atom stereocenters. The molecular formula is C21H21N3O2. The second kappa shape index (κ2) is 8.67. The number of nitrogens with one attached hydrogen (secondary N) is 1. The number of aromatic nitrogens is 1. The van der Waals surface area contributed by atoms with Crippen molar-refractivity contribution >= 4 is 11.7 Å². The van der Waals surface area contributed by atoms with E-state index in [-0.39, 0.29) is 12.3 Å². The minimum Gasteiger partial charge on any atom is -0.489 e. The molecule has 0 aliphatic heterocycles. The normalized spacial score (nSPS) is 10.3. The van der Waals surface area contributed by atoms with Crippen LogP contribution in [0.3, 0.4) is 0 Å². The molecule has 0 saturated carbocycles. The predicted molar refractivity (Wildman–Crippen MR) is 101 cm³/mol. The van der Waals surface area contributed by atoms with Gasteiger partial charge >= 0.3 is 0 Å². The fourth-order valence-corrected chi connectivity index (χ4v) is 2.56. The van der Waals surface area contributed by atoms with Crippen LogP contribution in [0.15, 0.2) is 72.9 Å². The molecule has 2 aromatic carbocycles. The van der Waals surface area contributed by atoms with Crippen LogP contribution in [0.1, 0.15) is 16.7 Å². The number of nitrogens with two attached hydrogens (primary N) is 1. The highest BCUT2D eigenvalue weighted by Crippen LogP contribution is 2.20. The summed E-state index contributed by atoms with van der Waals surface area (Å²) in [5, 5.41) is 2.87. The van der Waals surface area contributed by atoms with E-state index in [1.807, 2.05) is 60.7 Å². The van der Waals surface area contributed by atoms with Crippen molar-refractivity contribution in [1.29, 1.82) is 0 Å². The number of nitrogen functional groups attached to an aromatic ring is 1. The van der Waals surface area contributed by atoms with Crippen molar-refractivity contribution in [1.82, 2.24) is 10.3 Å². The molecule has 0 spiro atoms. The van der Waals surface area contributed by atoms with Gasteiger partial charge < -0.3 is 15.8 Å². The number of nitrogens with zero attached hydrogens (tertiary/aromatic N) is 1. The van der Waals surface area contributed by atoms with Gasteiger partial charge in [-0.15, -0.1) is 0 Å². The zero-order chi connectivity index (χ0) is 18.2. The summed E-state index contributed by atoms with van der Waals surface area (Å²) in [4.78, 5) is 16.3. The number of rotatable bonds is 7. The Morgan fingerprint density at radius 3 is 2.50 bits per heavy atom. The summed E-state index contributed by atoms with van der Waals surface area (Å²) >= 11 is 0. The molecular weight excluding hydrogens is 326 g/mol. The number of para-hydroxylation sites is 1. The first-order valence-electron chi connectivity index (χ1n) is 8.43. The maximum atomic E-state index is 12.3. The topological polar surface area (TPSA) is 77.2 Å². The molecule has 0 aliphatic carbocycles. The summed E-state index contributed by atoms with van der Waals surface area (Å²) in [6.45, 7) is 0.817. The zero-order valence-corrected chi connectivity index (χ0v) is 14.4. The highest BCUT2D eigenvalue weighted by molar-refractivity contribution is 5.79. The molecule has 0 aliphatic rings. The van der Waals surface area contributed by atoms with Gasteiger partial charge in [-0.05, 0) is 17.7 Å². The summed E-state index contributed by atoms with van der Waals surface area (Å²) in [6.07, 6.45) is 1.87. The van der Waals surface area contributed by atoms with Gasteiger partial charge in [0.15, 0.2) is 0 Å². The summed E-state index contributed by atoms with van der Waals surface area (Å²) in [5.41, 5.74) is 8.53. The molecule has 0 saturated heterocycles. The first kappa shape index (κ1) is 17.5. The maximum absolute atomic E-state index is 12.3. The molecule has 0 fully saturated rings. The van der Waals surface area contributed by atoms with Crippen LogP contribution in [0.5, 0.6) is 5.75 Å². The monoisotopic (exact) mass is 347 g/mol. The Balaban J connectivity index is 1.59. The third-order valence-corrected chi connectivity index (χ3v) is 3.96. The molecule has 5 nitrogen and oxygen atoms in total. The van der Waals surface area contributed by atoms with E-state index in [4.69, 9.17) is 10.5 Å². The van der Waals surface area contributed by atoms with Gasteiger partial charge in [0.1, 0.15) is 18.2 Å². The van der Waals surface area contributed by atoms with Crippen molar-refractivity contribution in [2.24, 2.45) is 0 Å². The van der Waals surface area contributed by atoms with E-state index >= 15 is 0 Å². The molecule has 1 heterocycles. The molecule has 3 rings (SSSR count). The Bertz CT molecular complexity index is 866. The molecule has 26 heavy (non-hydrogen) atoms. The van der Waals surface area contributed by atoms with Gasteiger partial charge in [0.2, 0.25) is 5.91 Å². The fourth-order valence-electron chi connectivity index (χ4n) is 2.56. The molecule has 0 atom stereocenters. The number of ether oxygens (including phenoxy) is 1. The molecule has 3 aromatic rings. The van der Waals surface area contributed by atoms with Crippen LogP contribution in [-0.4, -0.2) is 10.9 Å². The molecule has 1 amide bonds. The number of pyridine rings is 1. The van der Waals surface area contributed by atoms with Crippen molar-refractivity contribution in [3.63, 3.8) is 0 Å². The first-order valence-corrected chi connectivity index (χ1v) is 8.43. The molecule has 3 N–H and O–H groups in total. The third-order valence-electron chi connectivity index (χ3n) is 3.96. The van der Waals surface area contributed by atoms with E-state index in [1.54, 1.807) is 12.3 Å². The van der Waals surface area contributed by atoms with E-state index in [0.29, 0.717) is 24.7 Å². The van der Waals surface area contributed by atoms with Gasteiger partial charge in [-0.25, -0.2) is 4.98 Å². The zero-order valence-electron chi connectivity index (χ0n) is 14.4. The Morgan fingerprint density at radius 1 is 0.962 bits per heavy atom. The average Bonchev–Trinajstić information content (AvgIpc) is 2.67. The quantitative estimate of drug-likeness (QED) is 0.688. The van der Waals surface area contributed by atoms with E-state index < -0.39 is 0 Å². The largest absolute Gasteiger partial charge is 0.489 e. The standard InChI is InChI=1S/C21H21N3O2/c22-21-18(10-6-12-23-21)14-24-20(25)13-17-9-4-5-11-19(17)26-15-16-7-2-1-3-8-16/h1-12H,13-15H2,(H2,22,23)(H,24,25). The van der Waals surface area contributed by atoms with Crippen molar-refractivity contribution < 1.29 is 9.53 Å². The van der Waals surface area contributed by atoms with E-state index in [2.05, 4.69) is 10.3 Å². The maximum Gasteiger partial charge on any atom is 0.224 e. The lowest BCUT2D eigenvalue weighted by atomic mass is 10.1. The smallest absolute Gasteiger partial charge is 0.224 e. The summed E-state index contributed by atoms with van der Waals surface area (Å²) < 4.78 is 5.90. The number of hydrogen-bond acceptors (Lipinski definition) is 4. The van der Waals surface area contributed by atoms with Crippen LogP contribution in [-0.2, 0) is 24.4 Å². The van der Waals surface area contributed by atoms with Gasteiger partial charge in [0.25, 0.3) is 0 Å². The minimum absolute atomic E-state index is 0.0935. The van der Waals surface area contributed by atoms with Gasteiger partial charge in [0, 0.05) is 23.9 Å². The van der Waals surface area contributed by atoms with Crippen LogP contribution in [0.4, 0.5) is 5.82 Å². The van der Waals surface area contributed by atoms with Crippen LogP contribution in [0, 0.1) is 0 Å². The molecule has 0 radical (unpaired) electrons. The van der Waals surface area contributed by atoms with Crippen molar-refractivity contribution in [3.05, 3.63) is 89.6 Å². The Morgan fingerprint density at radius 2 is 1.69 bits per heavy atom. The third kappa shape index (κ3) is 4.83. The molecule has 5 heteroatoms. The van der Waals surface area contributed by atoms with Crippen molar-refractivity contribution in [2.45, 2.75) is 19.6 Å². The van der Waals surface area contributed by atoms with Gasteiger partial charge in [-0.1, -0.05) is 54.6 Å². The van der Waals surface area contributed by atoms with Crippen molar-refractivity contribution in [2.75, 3.05) is 5.73 Å². The second-order valence-corrected chi connectivity index (χ2v) is 5.88.